The van der Waals surface area contributed by atoms with Crippen LogP contribution in [0.25, 0.3) is 6.08 Å². The lowest BCUT2D eigenvalue weighted by molar-refractivity contribution is 0.660. The molecule has 0 aliphatic heterocycles. The Morgan fingerprint density at radius 2 is 2.50 bits per heavy atom. The van der Waals surface area contributed by atoms with E-state index in [4.69, 9.17) is 5.73 Å². The Kier molecular flexibility index (Phi) is 3.05. The van der Waals surface area contributed by atoms with Crippen molar-refractivity contribution in [3.05, 3.63) is 24.0 Å². The van der Waals surface area contributed by atoms with Crippen molar-refractivity contribution in [1.82, 2.24) is 9.78 Å². The van der Waals surface area contributed by atoms with Gasteiger partial charge in [-0.25, -0.2) is 0 Å². The predicted molar refractivity (Wildman–Crippen MR) is 50.6 cm³/mol. The zero-order valence-corrected chi connectivity index (χ0v) is 7.57. The van der Waals surface area contributed by atoms with Crippen LogP contribution in [-0.2, 0) is 6.54 Å². The Labute approximate surface area is 72.9 Å². The first-order valence-corrected chi connectivity index (χ1v) is 4.18. The monoisotopic (exact) mass is 165 g/mol. The highest BCUT2D eigenvalue weighted by Gasteiger charge is 1.92. The van der Waals surface area contributed by atoms with Gasteiger partial charge in [-0.05, 0) is 13.8 Å². The summed E-state index contributed by atoms with van der Waals surface area (Å²) in [5, 5.41) is 4.14. The first kappa shape index (κ1) is 9.00. The van der Waals surface area contributed by atoms with Crippen molar-refractivity contribution < 1.29 is 0 Å². The Morgan fingerprint density at radius 1 is 1.75 bits per heavy atom. The molecule has 1 atom stereocenters. The first-order chi connectivity index (χ1) is 5.72. The quantitative estimate of drug-likeness (QED) is 0.732. The van der Waals surface area contributed by atoms with Gasteiger partial charge >= 0.3 is 0 Å². The minimum Gasteiger partial charge on any atom is -0.325 e. The van der Waals surface area contributed by atoms with Crippen LogP contribution in [0.1, 0.15) is 19.4 Å². The summed E-state index contributed by atoms with van der Waals surface area (Å²) in [5.41, 5.74) is 6.67. The molecular formula is C9H15N3. The predicted octanol–water partition coefficient (Wildman–Crippen LogP) is 1.26. The maximum atomic E-state index is 5.57. The third-order valence-corrected chi connectivity index (χ3v) is 1.57. The fourth-order valence-corrected chi connectivity index (χ4v) is 0.901. The average Bonchev–Trinajstić information content (AvgIpc) is 2.48. The third kappa shape index (κ3) is 2.51. The number of nitrogens with zero attached hydrogens (tertiary/aromatic N) is 2. The van der Waals surface area contributed by atoms with Crippen molar-refractivity contribution in [1.29, 1.82) is 0 Å². The van der Waals surface area contributed by atoms with E-state index in [1.807, 2.05) is 36.2 Å². The van der Waals surface area contributed by atoms with E-state index in [1.165, 1.54) is 0 Å². The fraction of sp³-hybridized carbons (Fsp3) is 0.444. The van der Waals surface area contributed by atoms with Gasteiger partial charge in [0.2, 0.25) is 0 Å². The highest BCUT2D eigenvalue weighted by atomic mass is 15.3. The van der Waals surface area contributed by atoms with Crippen molar-refractivity contribution in [3.63, 3.8) is 0 Å². The standard InChI is InChI=1S/C9H15N3/c1-3-12-7-9(6-11-12)5-4-8(2)10/h4-8H,3,10H2,1-2H3/b5-4+. The van der Waals surface area contributed by atoms with Gasteiger partial charge in [0.25, 0.3) is 0 Å². The summed E-state index contributed by atoms with van der Waals surface area (Å²) >= 11 is 0. The molecule has 1 aromatic heterocycles. The number of rotatable bonds is 3. The molecule has 3 nitrogen and oxygen atoms in total. The minimum absolute atomic E-state index is 0.106. The van der Waals surface area contributed by atoms with E-state index in [0.717, 1.165) is 12.1 Å². The number of hydrogen-bond acceptors (Lipinski definition) is 2. The van der Waals surface area contributed by atoms with Crippen LogP contribution >= 0.6 is 0 Å². The van der Waals surface area contributed by atoms with Crippen molar-refractivity contribution in [2.75, 3.05) is 0 Å². The zero-order valence-electron chi connectivity index (χ0n) is 7.57. The molecule has 1 aromatic rings. The van der Waals surface area contributed by atoms with Crippen LogP contribution < -0.4 is 5.73 Å². The third-order valence-electron chi connectivity index (χ3n) is 1.57. The van der Waals surface area contributed by atoms with E-state index in [-0.39, 0.29) is 6.04 Å². The maximum absolute atomic E-state index is 5.57. The molecule has 0 bridgehead atoms. The number of aryl methyl sites for hydroxylation is 1. The molecule has 1 heterocycles. The van der Waals surface area contributed by atoms with Gasteiger partial charge in [0, 0.05) is 24.3 Å². The van der Waals surface area contributed by atoms with E-state index in [0.29, 0.717) is 0 Å². The molecule has 0 radical (unpaired) electrons. The molecule has 12 heavy (non-hydrogen) atoms. The Morgan fingerprint density at radius 3 is 3.00 bits per heavy atom. The largest absolute Gasteiger partial charge is 0.325 e. The molecule has 2 N–H and O–H groups in total. The molecule has 0 amide bonds. The number of nitrogens with two attached hydrogens (primary N) is 1. The number of hydrogen-bond donors (Lipinski definition) is 1. The Hall–Kier alpha value is -1.09. The van der Waals surface area contributed by atoms with E-state index in [2.05, 4.69) is 12.0 Å². The van der Waals surface area contributed by atoms with Crippen LogP contribution in [0.4, 0.5) is 0 Å². The molecule has 0 spiro atoms. The second-order valence-electron chi connectivity index (χ2n) is 2.85. The molecule has 1 rings (SSSR count). The van der Waals surface area contributed by atoms with E-state index < -0.39 is 0 Å². The van der Waals surface area contributed by atoms with Crippen LogP contribution in [0.5, 0.6) is 0 Å². The molecule has 1 unspecified atom stereocenters. The van der Waals surface area contributed by atoms with Crippen LogP contribution in [0.15, 0.2) is 18.5 Å². The molecule has 0 fully saturated rings. The smallest absolute Gasteiger partial charge is 0.0562 e. The molecule has 66 valence electrons. The minimum atomic E-state index is 0.106. The van der Waals surface area contributed by atoms with Gasteiger partial charge in [-0.3, -0.25) is 4.68 Å². The summed E-state index contributed by atoms with van der Waals surface area (Å²) in [4.78, 5) is 0. The van der Waals surface area contributed by atoms with Gasteiger partial charge < -0.3 is 5.73 Å². The van der Waals surface area contributed by atoms with Crippen LogP contribution in [0.2, 0.25) is 0 Å². The Bertz CT molecular complexity index is 260. The summed E-state index contributed by atoms with van der Waals surface area (Å²) < 4.78 is 1.89. The summed E-state index contributed by atoms with van der Waals surface area (Å²) in [6.45, 7) is 4.92. The lowest BCUT2D eigenvalue weighted by Gasteiger charge is -1.92. The summed E-state index contributed by atoms with van der Waals surface area (Å²) in [5.74, 6) is 0. The SMILES string of the molecule is CCn1cc(/C=C/C(C)N)cn1. The van der Waals surface area contributed by atoms with Crippen molar-refractivity contribution in [3.8, 4) is 0 Å². The second kappa shape index (κ2) is 4.07. The molecule has 0 saturated carbocycles. The van der Waals surface area contributed by atoms with E-state index in [1.54, 1.807) is 0 Å². The van der Waals surface area contributed by atoms with E-state index >= 15 is 0 Å². The first-order valence-electron chi connectivity index (χ1n) is 4.18. The molecule has 0 aliphatic carbocycles. The Balaban J connectivity index is 2.63. The number of aromatic nitrogens is 2. The van der Waals surface area contributed by atoms with Crippen molar-refractivity contribution in [2.45, 2.75) is 26.4 Å². The topological polar surface area (TPSA) is 43.8 Å². The van der Waals surface area contributed by atoms with Gasteiger partial charge in [-0.1, -0.05) is 12.2 Å². The van der Waals surface area contributed by atoms with Gasteiger partial charge in [0.1, 0.15) is 0 Å². The highest BCUT2D eigenvalue weighted by molar-refractivity contribution is 5.47. The van der Waals surface area contributed by atoms with E-state index in [9.17, 15) is 0 Å². The second-order valence-corrected chi connectivity index (χ2v) is 2.85. The van der Waals surface area contributed by atoms with Crippen LogP contribution in [0.3, 0.4) is 0 Å². The highest BCUT2D eigenvalue weighted by Crippen LogP contribution is 2.00. The van der Waals surface area contributed by atoms with Gasteiger partial charge in [-0.15, -0.1) is 0 Å². The normalized spacial score (nSPS) is 13.9. The van der Waals surface area contributed by atoms with Crippen molar-refractivity contribution in [2.24, 2.45) is 5.73 Å². The fourth-order valence-electron chi connectivity index (χ4n) is 0.901. The van der Waals surface area contributed by atoms with Gasteiger partial charge in [0.15, 0.2) is 0 Å². The van der Waals surface area contributed by atoms with Gasteiger partial charge in [0.05, 0.1) is 6.20 Å². The molecule has 0 aliphatic rings. The zero-order chi connectivity index (χ0) is 8.97. The molecule has 0 saturated heterocycles. The summed E-state index contributed by atoms with van der Waals surface area (Å²) in [7, 11) is 0. The van der Waals surface area contributed by atoms with Crippen LogP contribution in [0, 0.1) is 0 Å². The van der Waals surface area contributed by atoms with Crippen molar-refractivity contribution >= 4 is 6.08 Å². The summed E-state index contributed by atoms with van der Waals surface area (Å²) in [6.07, 6.45) is 7.78. The molecule has 3 heteroatoms. The molecular weight excluding hydrogens is 150 g/mol. The summed E-state index contributed by atoms with van der Waals surface area (Å²) in [6, 6.07) is 0.106. The average molecular weight is 165 g/mol. The maximum Gasteiger partial charge on any atom is 0.0562 e. The lowest BCUT2D eigenvalue weighted by atomic mass is 10.2. The van der Waals surface area contributed by atoms with Gasteiger partial charge in [-0.2, -0.15) is 5.10 Å². The van der Waals surface area contributed by atoms with Crippen LogP contribution in [-0.4, -0.2) is 15.8 Å². The lowest BCUT2D eigenvalue weighted by Crippen LogP contribution is -2.09. The molecule has 0 aromatic carbocycles.